The minimum Gasteiger partial charge on any atom is -0.273 e. The highest BCUT2D eigenvalue weighted by Gasteiger charge is 2.60. The van der Waals surface area contributed by atoms with E-state index in [0.717, 1.165) is 4.90 Å². The van der Waals surface area contributed by atoms with Gasteiger partial charge in [0.2, 0.25) is 5.91 Å². The van der Waals surface area contributed by atoms with Gasteiger partial charge in [-0.05, 0) is 35.9 Å². The number of nitro groups is 1. The van der Waals surface area contributed by atoms with Crippen LogP contribution in [0.2, 0.25) is 10.0 Å². The van der Waals surface area contributed by atoms with Crippen LogP contribution in [0.15, 0.2) is 72.8 Å². The van der Waals surface area contributed by atoms with Crippen LogP contribution in [0.4, 0.5) is 17.1 Å². The van der Waals surface area contributed by atoms with Crippen LogP contribution in [0.3, 0.4) is 0 Å². The molecule has 2 heterocycles. The molecule has 0 bridgehead atoms. The van der Waals surface area contributed by atoms with E-state index in [2.05, 4.69) is 0 Å². The Morgan fingerprint density at radius 1 is 0.848 bits per heavy atom. The first-order valence-corrected chi connectivity index (χ1v) is 10.7. The molecule has 166 valence electrons. The number of para-hydroxylation sites is 1. The molecule has 3 atom stereocenters. The van der Waals surface area contributed by atoms with Gasteiger partial charge in [0.05, 0.1) is 32.4 Å². The molecule has 2 fully saturated rings. The molecule has 0 aromatic heterocycles. The third-order valence-corrected chi connectivity index (χ3v) is 6.47. The lowest BCUT2D eigenvalue weighted by Crippen LogP contribution is -2.37. The van der Waals surface area contributed by atoms with Gasteiger partial charge in [-0.3, -0.25) is 24.5 Å². The number of fused-ring (bicyclic) bond motifs is 1. The van der Waals surface area contributed by atoms with E-state index in [1.54, 1.807) is 30.3 Å². The fourth-order valence-corrected chi connectivity index (χ4v) is 4.52. The van der Waals surface area contributed by atoms with Gasteiger partial charge in [0, 0.05) is 12.1 Å². The first-order chi connectivity index (χ1) is 15.9. The Labute approximate surface area is 198 Å². The Morgan fingerprint density at radius 3 is 2.18 bits per heavy atom. The number of carbonyl (C=O) groups excluding carboxylic acids is 2. The molecule has 0 aliphatic carbocycles. The predicted octanol–water partition coefficient (Wildman–Crippen LogP) is 4.95. The topological polar surface area (TPSA) is 93.0 Å². The maximum Gasteiger partial charge on any atom is 0.269 e. The molecule has 8 nitrogen and oxygen atoms in total. The number of non-ortho nitro benzene ring substituents is 1. The molecular formula is C23H15Cl2N3O5. The molecular weight excluding hydrogens is 469 g/mol. The summed E-state index contributed by atoms with van der Waals surface area (Å²) in [4.78, 5) is 44.5. The number of amides is 2. The molecule has 2 aliphatic rings. The van der Waals surface area contributed by atoms with Gasteiger partial charge < -0.3 is 0 Å². The fraction of sp³-hybridized carbons (Fsp3) is 0.130. The quantitative estimate of drug-likeness (QED) is 0.296. The first kappa shape index (κ1) is 21.4. The van der Waals surface area contributed by atoms with Gasteiger partial charge in [0.25, 0.3) is 11.6 Å². The summed E-state index contributed by atoms with van der Waals surface area (Å²) in [5, 5.41) is 13.1. The first-order valence-electron chi connectivity index (χ1n) is 9.95. The number of nitro benzene ring substituents is 1. The highest BCUT2D eigenvalue weighted by atomic mass is 35.5. The van der Waals surface area contributed by atoms with Crippen LogP contribution in [0.25, 0.3) is 0 Å². The minimum atomic E-state index is -1.06. The standard InChI is InChI=1S/C23H15Cl2N3O5/c24-17-11-10-16(12-18(17)25)26-22(29)19-20(13-6-8-15(9-7-13)28(31)32)27(33-21(19)23(26)30)14-4-2-1-3-5-14/h1-12,19-21H. The lowest BCUT2D eigenvalue weighted by atomic mass is 9.90. The molecule has 0 saturated carbocycles. The van der Waals surface area contributed by atoms with Gasteiger partial charge >= 0.3 is 0 Å². The highest BCUT2D eigenvalue weighted by Crippen LogP contribution is 2.48. The molecule has 3 unspecified atom stereocenters. The Bertz CT molecular complexity index is 1270. The van der Waals surface area contributed by atoms with E-state index in [9.17, 15) is 19.7 Å². The summed E-state index contributed by atoms with van der Waals surface area (Å²) in [5.41, 5.74) is 1.48. The summed E-state index contributed by atoms with van der Waals surface area (Å²) in [6.07, 6.45) is -1.06. The van der Waals surface area contributed by atoms with Gasteiger partial charge in [-0.25, -0.2) is 9.96 Å². The number of hydrogen-bond donors (Lipinski definition) is 0. The Morgan fingerprint density at radius 2 is 1.55 bits per heavy atom. The van der Waals surface area contributed by atoms with Crippen molar-refractivity contribution >= 4 is 52.1 Å². The van der Waals surface area contributed by atoms with Crippen molar-refractivity contribution in [2.45, 2.75) is 12.1 Å². The molecule has 0 N–H and O–H groups in total. The van der Waals surface area contributed by atoms with E-state index in [1.807, 2.05) is 18.2 Å². The summed E-state index contributed by atoms with van der Waals surface area (Å²) >= 11 is 12.1. The van der Waals surface area contributed by atoms with Crippen LogP contribution in [-0.4, -0.2) is 22.8 Å². The normalized spacial score (nSPS) is 22.1. The third kappa shape index (κ3) is 3.52. The Balaban J connectivity index is 1.58. The number of hydrogen-bond acceptors (Lipinski definition) is 6. The number of carbonyl (C=O) groups is 2. The maximum absolute atomic E-state index is 13.5. The minimum absolute atomic E-state index is 0.0771. The maximum atomic E-state index is 13.5. The molecule has 33 heavy (non-hydrogen) atoms. The molecule has 0 spiro atoms. The van der Waals surface area contributed by atoms with E-state index >= 15 is 0 Å². The van der Waals surface area contributed by atoms with Gasteiger partial charge in [0.15, 0.2) is 6.10 Å². The smallest absolute Gasteiger partial charge is 0.269 e. The Hall–Kier alpha value is -3.46. The van der Waals surface area contributed by atoms with Gasteiger partial charge in [0.1, 0.15) is 5.92 Å². The average Bonchev–Trinajstić information content (AvgIpc) is 3.32. The molecule has 3 aromatic rings. The number of hydroxylamine groups is 1. The molecule has 2 aliphatic heterocycles. The van der Waals surface area contributed by atoms with E-state index in [1.165, 1.54) is 29.3 Å². The largest absolute Gasteiger partial charge is 0.273 e. The lowest BCUT2D eigenvalue weighted by molar-refractivity contribution is -0.384. The zero-order valence-electron chi connectivity index (χ0n) is 16.8. The van der Waals surface area contributed by atoms with E-state index in [4.69, 9.17) is 28.0 Å². The molecule has 2 amide bonds. The number of halogens is 2. The van der Waals surface area contributed by atoms with Crippen molar-refractivity contribution in [1.29, 1.82) is 0 Å². The zero-order valence-corrected chi connectivity index (χ0v) is 18.3. The molecule has 10 heteroatoms. The van der Waals surface area contributed by atoms with Crippen LogP contribution < -0.4 is 9.96 Å². The molecule has 5 rings (SSSR count). The van der Waals surface area contributed by atoms with Crippen LogP contribution >= 0.6 is 23.2 Å². The molecule has 0 radical (unpaired) electrons. The van der Waals surface area contributed by atoms with Crippen molar-refractivity contribution in [3.63, 3.8) is 0 Å². The SMILES string of the molecule is O=C1C2ON(c3ccccc3)C(c3ccc([N+](=O)[O-])cc3)C2C(=O)N1c1ccc(Cl)c(Cl)c1. The summed E-state index contributed by atoms with van der Waals surface area (Å²) < 4.78 is 0. The average molecular weight is 484 g/mol. The summed E-state index contributed by atoms with van der Waals surface area (Å²) in [7, 11) is 0. The summed E-state index contributed by atoms with van der Waals surface area (Å²) in [6.45, 7) is 0. The van der Waals surface area contributed by atoms with Crippen molar-refractivity contribution in [2.24, 2.45) is 5.92 Å². The van der Waals surface area contributed by atoms with E-state index < -0.39 is 34.8 Å². The second-order valence-electron chi connectivity index (χ2n) is 7.62. The van der Waals surface area contributed by atoms with Crippen LogP contribution in [0, 0.1) is 16.0 Å². The van der Waals surface area contributed by atoms with Crippen molar-refractivity contribution < 1.29 is 19.3 Å². The number of imide groups is 1. The number of anilines is 2. The Kier molecular flexibility index (Phi) is 5.28. The van der Waals surface area contributed by atoms with Gasteiger partial charge in [-0.2, -0.15) is 0 Å². The summed E-state index contributed by atoms with van der Waals surface area (Å²) in [6, 6.07) is 18.8. The fourth-order valence-electron chi connectivity index (χ4n) is 4.22. The van der Waals surface area contributed by atoms with Crippen molar-refractivity contribution in [3.05, 3.63) is 98.5 Å². The van der Waals surface area contributed by atoms with E-state index in [0.29, 0.717) is 22.0 Å². The third-order valence-electron chi connectivity index (χ3n) is 5.73. The van der Waals surface area contributed by atoms with Crippen molar-refractivity contribution in [1.82, 2.24) is 0 Å². The van der Waals surface area contributed by atoms with Crippen molar-refractivity contribution in [3.8, 4) is 0 Å². The van der Waals surface area contributed by atoms with Gasteiger partial charge in [-0.1, -0.05) is 53.5 Å². The molecule has 2 saturated heterocycles. The number of nitrogens with zero attached hydrogens (tertiary/aromatic N) is 3. The van der Waals surface area contributed by atoms with Crippen LogP contribution in [0.5, 0.6) is 0 Å². The number of benzene rings is 3. The predicted molar refractivity (Wildman–Crippen MR) is 122 cm³/mol. The van der Waals surface area contributed by atoms with E-state index in [-0.39, 0.29) is 10.7 Å². The second kappa shape index (κ2) is 8.15. The van der Waals surface area contributed by atoms with Crippen LogP contribution in [-0.2, 0) is 14.4 Å². The zero-order chi connectivity index (χ0) is 23.3. The van der Waals surface area contributed by atoms with Gasteiger partial charge in [-0.15, -0.1) is 0 Å². The lowest BCUT2D eigenvalue weighted by Gasteiger charge is -2.28. The second-order valence-corrected chi connectivity index (χ2v) is 8.43. The highest BCUT2D eigenvalue weighted by molar-refractivity contribution is 6.42. The summed E-state index contributed by atoms with van der Waals surface area (Å²) in [5.74, 6) is -1.84. The number of rotatable bonds is 4. The molecule has 3 aromatic carbocycles. The van der Waals surface area contributed by atoms with Crippen molar-refractivity contribution in [2.75, 3.05) is 9.96 Å². The monoisotopic (exact) mass is 483 g/mol. The van der Waals surface area contributed by atoms with Crippen LogP contribution in [0.1, 0.15) is 11.6 Å².